The molecule has 0 bridgehead atoms. The Morgan fingerprint density at radius 2 is 1.54 bits per heavy atom. The number of hydrogen-bond donors (Lipinski definition) is 2. The Kier molecular flexibility index (Phi) is 16.1. The number of amides is 1. The average Bonchev–Trinajstić information content (AvgIpc) is 2.77. The largest absolute Gasteiger partial charge is 0.461 e. The summed E-state index contributed by atoms with van der Waals surface area (Å²) >= 11 is 0. The van der Waals surface area contributed by atoms with E-state index in [-0.39, 0.29) is 31.4 Å². The zero-order valence-corrected chi connectivity index (χ0v) is 20.1. The van der Waals surface area contributed by atoms with Crippen molar-refractivity contribution >= 4 is 30.1 Å². The average molecular weight is 531 g/mol. The van der Waals surface area contributed by atoms with Gasteiger partial charge in [0.2, 0.25) is 5.91 Å². The predicted molar refractivity (Wildman–Crippen MR) is 120 cm³/mol. The van der Waals surface area contributed by atoms with Crippen LogP contribution in [0.15, 0.2) is 30.3 Å². The first-order chi connectivity index (χ1) is 16.0. The first kappa shape index (κ1) is 32.7. The fraction of sp³-hybridized carbons (Fsp3) is 0.591. The zero-order chi connectivity index (χ0) is 25.7. The number of ether oxygens (including phenoxy) is 3. The monoisotopic (exact) mass is 530 g/mol. The lowest BCUT2D eigenvalue weighted by molar-refractivity contribution is -0.155. The van der Waals surface area contributed by atoms with Gasteiger partial charge in [0.15, 0.2) is 5.78 Å². The number of nitrogens with two attached hydrogens (primary N) is 1. The molecule has 0 spiro atoms. The third-order valence-corrected chi connectivity index (χ3v) is 4.59. The molecule has 1 amide bonds. The van der Waals surface area contributed by atoms with Gasteiger partial charge in [-0.3, -0.25) is 14.4 Å². The number of esters is 1. The van der Waals surface area contributed by atoms with Gasteiger partial charge in [-0.15, -0.1) is 12.4 Å². The van der Waals surface area contributed by atoms with Crippen molar-refractivity contribution in [3.8, 4) is 0 Å². The lowest BCUT2D eigenvalue weighted by Crippen LogP contribution is -2.52. The topological polar surface area (TPSA) is 117 Å². The number of halogens is 5. The molecule has 1 aromatic carbocycles. The fourth-order valence-corrected chi connectivity index (χ4v) is 2.98. The first-order valence-electron chi connectivity index (χ1n) is 10.6. The molecule has 0 radical (unpaired) electrons. The maximum atomic E-state index is 12.8. The van der Waals surface area contributed by atoms with Gasteiger partial charge in [0.05, 0.1) is 19.1 Å². The molecular formula is C22H31ClF4N2O6. The van der Waals surface area contributed by atoms with E-state index in [1.54, 1.807) is 30.3 Å². The summed E-state index contributed by atoms with van der Waals surface area (Å²) in [7, 11) is 0. The number of nitrogens with one attached hydrogen (secondary N) is 1. The summed E-state index contributed by atoms with van der Waals surface area (Å²) in [6.07, 6.45) is -0.163. The number of hydrogen-bond acceptors (Lipinski definition) is 7. The number of Topliss-reactive ketones (excluding diaryl/α,β-unsaturated/α-hetero) is 1. The molecule has 3 atom stereocenters. The second-order valence-corrected chi connectivity index (χ2v) is 7.95. The summed E-state index contributed by atoms with van der Waals surface area (Å²) in [4.78, 5) is 37.6. The van der Waals surface area contributed by atoms with Crippen molar-refractivity contribution in [1.29, 1.82) is 0 Å². The summed E-state index contributed by atoms with van der Waals surface area (Å²) in [6, 6.07) is 5.67. The van der Waals surface area contributed by atoms with E-state index >= 15 is 0 Å². The summed E-state index contributed by atoms with van der Waals surface area (Å²) in [5, 5.41) is 2.10. The molecule has 0 saturated carbocycles. The Bertz CT molecular complexity index is 774. The molecule has 0 aliphatic heterocycles. The Morgan fingerprint density at radius 1 is 0.971 bits per heavy atom. The molecule has 0 aliphatic rings. The standard InChI is InChI=1S/C22H30F4N2O6.ClH/c1-13(2)8-15(20(31)32-10-14-6-4-3-5-7-14)9-18(29)17(12-34-22(25)26)28-19(30)16(27)11-33-21(23)24;/h3-7,13,15-17,21-22H,8-12,27H2,1-2H3,(H,28,30);1H/t15-,16+,17+;/m1./s1. The minimum Gasteiger partial charge on any atom is -0.461 e. The summed E-state index contributed by atoms with van der Waals surface area (Å²) in [6.45, 7) is -4.54. The van der Waals surface area contributed by atoms with Crippen LogP contribution >= 0.6 is 12.4 Å². The molecule has 0 unspecified atom stereocenters. The molecule has 3 N–H and O–H groups in total. The minimum absolute atomic E-state index is 0. The lowest BCUT2D eigenvalue weighted by atomic mass is 9.90. The highest BCUT2D eigenvalue weighted by atomic mass is 35.5. The zero-order valence-electron chi connectivity index (χ0n) is 19.3. The number of alkyl halides is 4. The molecule has 0 aromatic heterocycles. The molecule has 1 aromatic rings. The van der Waals surface area contributed by atoms with Gasteiger partial charge in [0.25, 0.3) is 0 Å². The summed E-state index contributed by atoms with van der Waals surface area (Å²) in [5.41, 5.74) is 6.17. The Labute approximate surface area is 207 Å². The van der Waals surface area contributed by atoms with Crippen molar-refractivity contribution < 1.29 is 46.2 Å². The van der Waals surface area contributed by atoms with Crippen LogP contribution in [0.2, 0.25) is 0 Å². The Morgan fingerprint density at radius 3 is 2.09 bits per heavy atom. The molecule has 35 heavy (non-hydrogen) atoms. The van der Waals surface area contributed by atoms with Crippen LogP contribution in [0.4, 0.5) is 17.6 Å². The van der Waals surface area contributed by atoms with Crippen LogP contribution < -0.4 is 11.1 Å². The van der Waals surface area contributed by atoms with Gasteiger partial charge in [0, 0.05) is 6.42 Å². The van der Waals surface area contributed by atoms with Crippen molar-refractivity contribution in [2.24, 2.45) is 17.6 Å². The van der Waals surface area contributed by atoms with Gasteiger partial charge in [-0.1, -0.05) is 44.2 Å². The fourth-order valence-electron chi connectivity index (χ4n) is 2.98. The molecule has 0 fully saturated rings. The molecule has 0 heterocycles. The van der Waals surface area contributed by atoms with Crippen LogP contribution in [0.3, 0.4) is 0 Å². The maximum absolute atomic E-state index is 12.8. The van der Waals surface area contributed by atoms with Crippen molar-refractivity contribution in [3.63, 3.8) is 0 Å². The maximum Gasteiger partial charge on any atom is 0.345 e. The number of carbonyl (C=O) groups excluding carboxylic acids is 3. The second kappa shape index (κ2) is 17.2. The normalized spacial score (nSPS) is 13.8. The van der Waals surface area contributed by atoms with E-state index in [9.17, 15) is 31.9 Å². The van der Waals surface area contributed by atoms with Crippen molar-refractivity contribution in [2.75, 3.05) is 13.2 Å². The summed E-state index contributed by atoms with van der Waals surface area (Å²) < 4.78 is 62.8. The van der Waals surface area contributed by atoms with E-state index in [4.69, 9.17) is 10.5 Å². The van der Waals surface area contributed by atoms with Crippen LogP contribution in [0, 0.1) is 11.8 Å². The molecule has 0 saturated heterocycles. The first-order valence-corrected chi connectivity index (χ1v) is 10.6. The molecule has 13 heteroatoms. The summed E-state index contributed by atoms with van der Waals surface area (Å²) in [5.74, 6) is -3.43. The third kappa shape index (κ3) is 14.0. The van der Waals surface area contributed by atoms with E-state index in [0.29, 0.717) is 0 Å². The van der Waals surface area contributed by atoms with Crippen LogP contribution in [-0.4, -0.2) is 56.2 Å². The molecule has 8 nitrogen and oxygen atoms in total. The van der Waals surface area contributed by atoms with Crippen LogP contribution in [-0.2, 0) is 35.2 Å². The SMILES string of the molecule is CC(C)C[C@H](CC(=O)[C@H](COC(F)F)NC(=O)[C@@H](N)COC(F)F)C(=O)OCc1ccccc1.Cl. The quantitative estimate of drug-likeness (QED) is 0.249. The second-order valence-electron chi connectivity index (χ2n) is 7.95. The van der Waals surface area contributed by atoms with Gasteiger partial charge in [-0.25, -0.2) is 0 Å². The molecule has 1 rings (SSSR count). The van der Waals surface area contributed by atoms with Crippen molar-refractivity contribution in [3.05, 3.63) is 35.9 Å². The lowest BCUT2D eigenvalue weighted by Gasteiger charge is -2.23. The Balaban J connectivity index is 0.0000116. The third-order valence-electron chi connectivity index (χ3n) is 4.59. The molecule has 200 valence electrons. The smallest absolute Gasteiger partial charge is 0.345 e. The highest BCUT2D eigenvalue weighted by Gasteiger charge is 2.31. The number of ketones is 1. The number of benzene rings is 1. The number of rotatable bonds is 16. The van der Waals surface area contributed by atoms with Crippen LogP contribution in [0.5, 0.6) is 0 Å². The predicted octanol–water partition coefficient (Wildman–Crippen LogP) is 3.06. The van der Waals surface area contributed by atoms with Gasteiger partial charge in [-0.05, 0) is 17.9 Å². The van der Waals surface area contributed by atoms with E-state index in [2.05, 4.69) is 14.8 Å². The van der Waals surface area contributed by atoms with E-state index in [1.807, 2.05) is 13.8 Å². The van der Waals surface area contributed by atoms with Crippen LogP contribution in [0.1, 0.15) is 32.3 Å². The van der Waals surface area contributed by atoms with Gasteiger partial charge in [-0.2, -0.15) is 17.6 Å². The highest BCUT2D eigenvalue weighted by Crippen LogP contribution is 2.20. The minimum atomic E-state index is -3.23. The number of carbonyl (C=O) groups is 3. The molecular weight excluding hydrogens is 500 g/mol. The molecule has 0 aliphatic carbocycles. The van der Waals surface area contributed by atoms with E-state index in [0.717, 1.165) is 5.56 Å². The van der Waals surface area contributed by atoms with Gasteiger partial charge in [0.1, 0.15) is 18.7 Å². The van der Waals surface area contributed by atoms with Gasteiger partial charge < -0.3 is 25.3 Å². The van der Waals surface area contributed by atoms with E-state index in [1.165, 1.54) is 0 Å². The highest BCUT2D eigenvalue weighted by molar-refractivity contribution is 5.93. The van der Waals surface area contributed by atoms with Crippen molar-refractivity contribution in [2.45, 2.75) is 58.6 Å². The van der Waals surface area contributed by atoms with Crippen molar-refractivity contribution in [1.82, 2.24) is 5.32 Å². The van der Waals surface area contributed by atoms with E-state index < -0.39 is 68.5 Å². The Hall–Kier alpha value is -2.28. The van der Waals surface area contributed by atoms with Gasteiger partial charge >= 0.3 is 19.2 Å². The van der Waals surface area contributed by atoms with Crippen LogP contribution in [0.25, 0.3) is 0 Å².